The van der Waals surface area contributed by atoms with Crippen molar-refractivity contribution >= 4 is 55.1 Å². The smallest absolute Gasteiger partial charge is 0.0517 e. The molecule has 62 heavy (non-hydrogen) atoms. The molecule has 2 heteroatoms. The van der Waals surface area contributed by atoms with E-state index in [-0.39, 0.29) is 21.9 Å². The van der Waals surface area contributed by atoms with Gasteiger partial charge in [-0.1, -0.05) is 162 Å². The normalized spacial score (nSPS) is 26.1. The van der Waals surface area contributed by atoms with Crippen LogP contribution in [0.4, 0.5) is 22.7 Å². The lowest BCUT2D eigenvalue weighted by atomic mass is 9.63. The molecule has 4 atom stereocenters. The van der Waals surface area contributed by atoms with Crippen LogP contribution in [0, 0.1) is 0 Å². The van der Waals surface area contributed by atoms with Crippen molar-refractivity contribution in [2.75, 3.05) is 9.80 Å². The van der Waals surface area contributed by atoms with Crippen molar-refractivity contribution in [2.45, 2.75) is 127 Å². The Morgan fingerprint density at radius 3 is 1.18 bits per heavy atom. The van der Waals surface area contributed by atoms with E-state index < -0.39 is 0 Å². The van der Waals surface area contributed by atoms with Crippen LogP contribution < -0.4 is 9.80 Å². The molecule has 0 saturated heterocycles. The quantitative estimate of drug-likeness (QED) is 0.163. The number of hydrogen-bond acceptors (Lipinski definition) is 2. The SMILES string of the molecule is CC12CCCCCCC1(C)N(c1ccccc1)c1ccc(-c3ccc4ccc5c(-c6ccc7c(c6)C6(C)CCCCCCC6(C)N7c6ccccc6)ccc6ccc3c4c65)cc12. The van der Waals surface area contributed by atoms with Crippen LogP contribution in [0.25, 0.3) is 54.6 Å². The van der Waals surface area contributed by atoms with Crippen LogP contribution >= 0.6 is 0 Å². The minimum atomic E-state index is 0.0116. The van der Waals surface area contributed by atoms with E-state index >= 15 is 0 Å². The number of para-hydroxylation sites is 2. The summed E-state index contributed by atoms with van der Waals surface area (Å²) < 4.78 is 0. The van der Waals surface area contributed by atoms with Gasteiger partial charge in [0.1, 0.15) is 0 Å². The fraction of sp³-hybridized carbons (Fsp3) is 0.333. The number of nitrogens with zero attached hydrogens (tertiary/aromatic N) is 2. The first kappa shape index (κ1) is 38.1. The third-order valence-electron chi connectivity index (χ3n) is 17.5. The van der Waals surface area contributed by atoms with Gasteiger partial charge in [0.25, 0.3) is 0 Å². The highest BCUT2D eigenvalue weighted by molar-refractivity contribution is 6.27. The molecule has 8 aromatic carbocycles. The Labute approximate surface area is 368 Å². The van der Waals surface area contributed by atoms with Gasteiger partial charge in [-0.05, 0) is 154 Å². The molecule has 0 aromatic heterocycles. The summed E-state index contributed by atoms with van der Waals surface area (Å²) in [5.74, 6) is 0. The van der Waals surface area contributed by atoms with Crippen molar-refractivity contribution in [1.29, 1.82) is 0 Å². The van der Waals surface area contributed by atoms with Gasteiger partial charge in [0.05, 0.1) is 11.1 Å². The number of hydrogen-bond donors (Lipinski definition) is 0. The summed E-state index contributed by atoms with van der Waals surface area (Å²) >= 11 is 0. The van der Waals surface area contributed by atoms with Crippen LogP contribution in [0.15, 0.2) is 146 Å². The average molecular weight is 809 g/mol. The summed E-state index contributed by atoms with van der Waals surface area (Å²) in [6, 6.07) is 56.6. The Hall–Kier alpha value is -5.60. The highest BCUT2D eigenvalue weighted by atomic mass is 15.3. The second kappa shape index (κ2) is 14.0. The Morgan fingerprint density at radius 2 is 0.758 bits per heavy atom. The van der Waals surface area contributed by atoms with Gasteiger partial charge in [-0.3, -0.25) is 0 Å². The topological polar surface area (TPSA) is 6.48 Å². The predicted molar refractivity (Wildman–Crippen MR) is 265 cm³/mol. The highest BCUT2D eigenvalue weighted by Gasteiger charge is 2.57. The van der Waals surface area contributed by atoms with Crippen LogP contribution in [0.1, 0.15) is 116 Å². The highest BCUT2D eigenvalue weighted by Crippen LogP contribution is 2.62. The summed E-state index contributed by atoms with van der Waals surface area (Å²) in [7, 11) is 0. The van der Waals surface area contributed by atoms with E-state index in [4.69, 9.17) is 0 Å². The van der Waals surface area contributed by atoms with E-state index in [1.54, 1.807) is 0 Å². The van der Waals surface area contributed by atoms with Crippen molar-refractivity contribution in [3.63, 3.8) is 0 Å². The lowest BCUT2D eigenvalue weighted by molar-refractivity contribution is 0.218. The van der Waals surface area contributed by atoms with Crippen LogP contribution in [-0.2, 0) is 10.8 Å². The molecule has 2 aliphatic carbocycles. The third kappa shape index (κ3) is 5.22. The lowest BCUT2D eigenvalue weighted by Gasteiger charge is -2.48. The minimum absolute atomic E-state index is 0.0116. The standard InChI is InChI=1S/C60H60N2/c1-57-35-15-5-7-17-37-59(57,3)61(45-19-11-9-12-20-45)53-33-27-43(39-51(53)57)47-29-23-41-26-32-50-48(30-24-42-25-31-49(47)55(41)56(42)50)44-28-34-54-52(40-44)58(2)36-16-6-8-18-38-60(58,4)62(54)46-21-13-10-14-22-46/h9-14,19-34,39-40H,5-8,15-18,35-38H2,1-4H3. The number of benzene rings is 8. The van der Waals surface area contributed by atoms with Crippen LogP contribution in [0.5, 0.6) is 0 Å². The zero-order valence-corrected chi connectivity index (χ0v) is 37.2. The van der Waals surface area contributed by atoms with Crippen molar-refractivity contribution < 1.29 is 0 Å². The van der Waals surface area contributed by atoms with E-state index in [2.05, 4.69) is 183 Å². The summed E-state index contributed by atoms with van der Waals surface area (Å²) in [4.78, 5) is 5.44. The second-order valence-corrected chi connectivity index (χ2v) is 20.5. The fourth-order valence-electron chi connectivity index (χ4n) is 13.8. The van der Waals surface area contributed by atoms with Gasteiger partial charge in [0.2, 0.25) is 0 Å². The van der Waals surface area contributed by atoms with Crippen molar-refractivity contribution in [1.82, 2.24) is 0 Å². The first-order chi connectivity index (χ1) is 30.2. The van der Waals surface area contributed by atoms with Gasteiger partial charge in [0.15, 0.2) is 0 Å². The third-order valence-corrected chi connectivity index (χ3v) is 17.5. The minimum Gasteiger partial charge on any atom is -0.334 e. The molecular formula is C60H60N2. The Kier molecular flexibility index (Phi) is 8.58. The second-order valence-electron chi connectivity index (χ2n) is 20.5. The number of fused-ring (bicyclic) bond motifs is 6. The lowest BCUT2D eigenvalue weighted by Crippen LogP contribution is -2.53. The molecule has 12 rings (SSSR count). The molecule has 2 aliphatic heterocycles. The summed E-state index contributed by atoms with van der Waals surface area (Å²) in [5, 5.41) is 8.13. The maximum atomic E-state index is 2.72. The van der Waals surface area contributed by atoms with E-state index in [0.717, 1.165) is 0 Å². The molecule has 8 aromatic rings. The van der Waals surface area contributed by atoms with Gasteiger partial charge in [-0.2, -0.15) is 0 Å². The van der Waals surface area contributed by atoms with Gasteiger partial charge in [-0.25, -0.2) is 0 Å². The maximum absolute atomic E-state index is 2.72. The van der Waals surface area contributed by atoms with Gasteiger partial charge < -0.3 is 9.80 Å². The van der Waals surface area contributed by atoms with E-state index in [1.165, 1.54) is 165 Å². The molecule has 0 spiro atoms. The van der Waals surface area contributed by atoms with Crippen molar-refractivity contribution in [3.05, 3.63) is 157 Å². The predicted octanol–water partition coefficient (Wildman–Crippen LogP) is 17.0. The molecular weight excluding hydrogens is 749 g/mol. The maximum Gasteiger partial charge on any atom is 0.0517 e. The molecule has 2 fully saturated rings. The van der Waals surface area contributed by atoms with Crippen molar-refractivity contribution in [2.24, 2.45) is 0 Å². The van der Waals surface area contributed by atoms with Gasteiger partial charge in [-0.15, -0.1) is 0 Å². The van der Waals surface area contributed by atoms with E-state index in [9.17, 15) is 0 Å². The first-order valence-corrected chi connectivity index (χ1v) is 23.9. The summed E-state index contributed by atoms with van der Waals surface area (Å²) in [6.45, 7) is 10.3. The average Bonchev–Trinajstić information content (AvgIpc) is 3.59. The van der Waals surface area contributed by atoms with E-state index in [0.29, 0.717) is 0 Å². The monoisotopic (exact) mass is 808 g/mol. The molecule has 4 unspecified atom stereocenters. The zero-order valence-electron chi connectivity index (χ0n) is 37.2. The van der Waals surface area contributed by atoms with Crippen LogP contribution in [0.3, 0.4) is 0 Å². The molecule has 4 aliphatic rings. The molecule has 0 radical (unpaired) electrons. The largest absolute Gasteiger partial charge is 0.334 e. The number of rotatable bonds is 4. The zero-order chi connectivity index (χ0) is 41.8. The molecule has 0 amide bonds. The first-order valence-electron chi connectivity index (χ1n) is 23.9. The number of anilines is 4. The molecule has 2 nitrogen and oxygen atoms in total. The Morgan fingerprint density at radius 1 is 0.371 bits per heavy atom. The molecule has 0 bridgehead atoms. The Bertz CT molecular complexity index is 2800. The van der Waals surface area contributed by atoms with Crippen molar-refractivity contribution in [3.8, 4) is 22.3 Å². The van der Waals surface area contributed by atoms with E-state index in [1.807, 2.05) is 0 Å². The fourth-order valence-corrected chi connectivity index (χ4v) is 13.8. The molecule has 2 heterocycles. The van der Waals surface area contributed by atoms with Gasteiger partial charge >= 0.3 is 0 Å². The molecule has 310 valence electrons. The molecule has 0 N–H and O–H groups in total. The summed E-state index contributed by atoms with van der Waals surface area (Å²) in [6.07, 6.45) is 15.3. The van der Waals surface area contributed by atoms with Crippen LogP contribution in [0.2, 0.25) is 0 Å². The van der Waals surface area contributed by atoms with Gasteiger partial charge in [0, 0.05) is 33.6 Å². The van der Waals surface area contributed by atoms with Crippen LogP contribution in [-0.4, -0.2) is 11.1 Å². The molecule has 2 saturated carbocycles. The summed E-state index contributed by atoms with van der Waals surface area (Å²) in [5.41, 5.74) is 13.9. The Balaban J connectivity index is 1.01.